The van der Waals surface area contributed by atoms with Gasteiger partial charge in [-0.1, -0.05) is 6.92 Å². The molecule has 1 N–H and O–H groups in total. The van der Waals surface area contributed by atoms with Crippen molar-refractivity contribution in [1.82, 2.24) is 10.0 Å². The highest BCUT2D eigenvalue weighted by molar-refractivity contribution is 8.03. The quantitative estimate of drug-likeness (QED) is 0.675. The summed E-state index contributed by atoms with van der Waals surface area (Å²) in [5.41, 5.74) is -7.17. The average molecular weight is 474 g/mol. The van der Waals surface area contributed by atoms with Gasteiger partial charge in [0.1, 0.15) is 5.70 Å². The van der Waals surface area contributed by atoms with Crippen molar-refractivity contribution in [3.8, 4) is 0 Å². The minimum atomic E-state index is -4.95. The minimum Gasteiger partial charge on any atom is -0.435 e. The van der Waals surface area contributed by atoms with Gasteiger partial charge in [-0.3, -0.25) is 5.21 Å². The number of thioether (sulfide) groups is 1. The second kappa shape index (κ2) is 7.50. The van der Waals surface area contributed by atoms with Crippen LogP contribution in [0.4, 0.5) is 26.3 Å². The van der Waals surface area contributed by atoms with Crippen LogP contribution in [-0.4, -0.2) is 41.1 Å². The lowest BCUT2D eigenvalue weighted by atomic mass is 10.2. The van der Waals surface area contributed by atoms with E-state index in [0.29, 0.717) is 6.08 Å². The van der Waals surface area contributed by atoms with E-state index in [1.165, 1.54) is 13.0 Å². The lowest BCUT2D eigenvalue weighted by Gasteiger charge is -2.24. The predicted molar refractivity (Wildman–Crippen MR) is 94.4 cm³/mol. The van der Waals surface area contributed by atoms with Crippen molar-refractivity contribution in [2.24, 2.45) is 0 Å². The Labute approximate surface area is 169 Å². The lowest BCUT2D eigenvalue weighted by molar-refractivity contribution is -0.0926. The first-order chi connectivity index (χ1) is 13.7. The summed E-state index contributed by atoms with van der Waals surface area (Å²) in [7, 11) is -4.28. The summed E-state index contributed by atoms with van der Waals surface area (Å²) in [6.45, 7) is 1.19. The fourth-order valence-electron chi connectivity index (χ4n) is 2.64. The summed E-state index contributed by atoms with van der Waals surface area (Å²) in [4.78, 5) is 2.93. The molecule has 6 nitrogen and oxygen atoms in total. The highest BCUT2D eigenvalue weighted by Gasteiger charge is 2.39. The summed E-state index contributed by atoms with van der Waals surface area (Å²) in [6.07, 6.45) is -2.33. The number of rotatable bonds is 3. The highest BCUT2D eigenvalue weighted by Crippen LogP contribution is 2.38. The fraction of sp³-hybridized carbons (Fsp3) is 0.312. The fourth-order valence-corrected chi connectivity index (χ4v) is 4.38. The molecule has 0 spiro atoms. The molecule has 0 saturated carbocycles. The van der Waals surface area contributed by atoms with Gasteiger partial charge >= 0.3 is 11.7 Å². The predicted octanol–water partition coefficient (Wildman–Crippen LogP) is 2.73. The molecule has 0 unspecified atom stereocenters. The Bertz CT molecular complexity index is 1190. The van der Waals surface area contributed by atoms with E-state index in [0.717, 1.165) is 6.08 Å². The van der Waals surface area contributed by atoms with Crippen LogP contribution in [0.2, 0.25) is 0 Å². The maximum atomic E-state index is 13.1. The van der Waals surface area contributed by atoms with Crippen molar-refractivity contribution < 1.29 is 44.4 Å². The van der Waals surface area contributed by atoms with Gasteiger partial charge < -0.3 is 4.42 Å². The monoisotopic (exact) mass is 474 g/mol. The zero-order chi connectivity index (χ0) is 22.5. The first kappa shape index (κ1) is 22.5. The molecule has 2 aliphatic rings. The SMILES string of the molecule is CCS(=O)(=O)C1=CC(C(F)(F)F)=CN(O)C1=c1nc2c(o1)=CC=C(SC(F)(F)F)C2. The molecule has 14 heteroatoms. The molecule has 1 aliphatic heterocycles. The first-order valence-electron chi connectivity index (χ1n) is 8.10. The van der Waals surface area contributed by atoms with E-state index < -0.39 is 49.0 Å². The number of allylic oxidation sites excluding steroid dienone is 4. The van der Waals surface area contributed by atoms with Crippen LogP contribution >= 0.6 is 11.8 Å². The van der Waals surface area contributed by atoms with E-state index >= 15 is 0 Å². The molecule has 0 bridgehead atoms. The van der Waals surface area contributed by atoms with Gasteiger partial charge in [0.25, 0.3) is 0 Å². The third-order valence-corrected chi connectivity index (χ3v) is 6.51. The van der Waals surface area contributed by atoms with Crippen LogP contribution in [-0.2, 0) is 16.3 Å². The molecule has 164 valence electrons. The van der Waals surface area contributed by atoms with Gasteiger partial charge in [-0.25, -0.2) is 18.5 Å². The number of oxazole rings is 1. The van der Waals surface area contributed by atoms with Gasteiger partial charge in [-0.05, 0) is 34.9 Å². The van der Waals surface area contributed by atoms with E-state index in [4.69, 9.17) is 4.42 Å². The molecule has 3 rings (SSSR count). The zero-order valence-electron chi connectivity index (χ0n) is 14.9. The number of hydrogen-bond donors (Lipinski definition) is 1. The van der Waals surface area contributed by atoms with Crippen LogP contribution < -0.4 is 11.0 Å². The molecule has 1 aliphatic carbocycles. The molecule has 0 aromatic carbocycles. The van der Waals surface area contributed by atoms with Crippen molar-refractivity contribution in [2.75, 3.05) is 5.75 Å². The van der Waals surface area contributed by atoms with E-state index in [9.17, 15) is 40.0 Å². The Hall–Kier alpha value is -2.19. The molecule has 1 aromatic rings. The van der Waals surface area contributed by atoms with Gasteiger partial charge in [0.2, 0.25) is 5.55 Å². The standard InChI is InChI=1S/C16H12F6N2O4S2/c1-2-30(26,27)12-5-8(15(17,18)19)7-24(25)13(12)14-23-10-6-9(29-16(20,21)22)3-4-11(10)28-14/h3-5,7,25H,2,6H2,1H3. The second-order valence-electron chi connectivity index (χ2n) is 6.04. The third kappa shape index (κ3) is 4.59. The van der Waals surface area contributed by atoms with Crippen molar-refractivity contribution in [1.29, 1.82) is 0 Å². The van der Waals surface area contributed by atoms with Crippen molar-refractivity contribution >= 4 is 33.4 Å². The normalized spacial score (nSPS) is 19.6. The summed E-state index contributed by atoms with van der Waals surface area (Å²) in [5.74, 6) is -0.582. The molecule has 2 heterocycles. The summed E-state index contributed by atoms with van der Waals surface area (Å²) in [5, 5.41) is 10.0. The van der Waals surface area contributed by atoms with Crippen molar-refractivity contribution in [3.05, 3.63) is 50.4 Å². The van der Waals surface area contributed by atoms with Crippen LogP contribution in [0.1, 0.15) is 12.6 Å². The molecule has 0 amide bonds. The smallest absolute Gasteiger partial charge is 0.435 e. The Balaban J connectivity index is 2.14. The van der Waals surface area contributed by atoms with Crippen LogP contribution in [0.15, 0.2) is 38.2 Å². The van der Waals surface area contributed by atoms with Gasteiger partial charge in [-0.2, -0.15) is 26.3 Å². The number of fused-ring (bicyclic) bond motifs is 1. The number of hydroxylamine groups is 2. The number of sulfone groups is 1. The van der Waals surface area contributed by atoms with Gasteiger partial charge in [-0.15, -0.1) is 0 Å². The van der Waals surface area contributed by atoms with Crippen LogP contribution in [0.3, 0.4) is 0 Å². The number of alkyl halides is 6. The molecular formula is C16H12F6N2O4S2. The number of halogens is 6. The third-order valence-electron chi connectivity index (χ3n) is 3.99. The number of hydrogen-bond acceptors (Lipinski definition) is 7. The van der Waals surface area contributed by atoms with Crippen LogP contribution in [0, 0.1) is 0 Å². The molecule has 0 radical (unpaired) electrons. The Morgan fingerprint density at radius 2 is 1.90 bits per heavy atom. The van der Waals surface area contributed by atoms with Crippen molar-refractivity contribution in [2.45, 2.75) is 25.0 Å². The first-order valence-corrected chi connectivity index (χ1v) is 10.6. The van der Waals surface area contributed by atoms with Crippen LogP contribution in [0.5, 0.6) is 0 Å². The number of nitrogens with zero attached hydrogens (tertiary/aromatic N) is 2. The Morgan fingerprint density at radius 3 is 2.47 bits per heavy atom. The second-order valence-corrected chi connectivity index (χ2v) is 9.48. The van der Waals surface area contributed by atoms with Gasteiger partial charge in [0, 0.05) is 12.6 Å². The summed E-state index contributed by atoms with van der Waals surface area (Å²) < 4.78 is 107. The lowest BCUT2D eigenvalue weighted by Crippen LogP contribution is -2.30. The molecule has 0 fully saturated rings. The summed E-state index contributed by atoms with van der Waals surface area (Å²) >= 11 is -0.362. The topological polar surface area (TPSA) is 83.6 Å². The Kier molecular flexibility index (Phi) is 5.62. The maximum Gasteiger partial charge on any atom is 0.446 e. The zero-order valence-corrected chi connectivity index (χ0v) is 16.5. The van der Waals surface area contributed by atoms with E-state index in [1.807, 2.05) is 0 Å². The van der Waals surface area contributed by atoms with Crippen molar-refractivity contribution in [3.63, 3.8) is 0 Å². The minimum absolute atomic E-state index is 0.00345. The molecule has 0 saturated heterocycles. The maximum absolute atomic E-state index is 13.1. The highest BCUT2D eigenvalue weighted by atomic mass is 32.2. The molecule has 1 aromatic heterocycles. The largest absolute Gasteiger partial charge is 0.446 e. The average Bonchev–Trinajstić information content (AvgIpc) is 3.01. The van der Waals surface area contributed by atoms with E-state index in [-0.39, 0.29) is 45.5 Å². The van der Waals surface area contributed by atoms with E-state index in [2.05, 4.69) is 4.98 Å². The molecule has 0 atom stereocenters. The number of aromatic nitrogens is 1. The summed E-state index contributed by atoms with van der Waals surface area (Å²) in [6, 6.07) is 0. The van der Waals surface area contributed by atoms with Crippen LogP contribution in [0.25, 0.3) is 11.8 Å². The van der Waals surface area contributed by atoms with Gasteiger partial charge in [0.15, 0.2) is 15.3 Å². The van der Waals surface area contributed by atoms with Gasteiger partial charge in [0.05, 0.1) is 21.9 Å². The van der Waals surface area contributed by atoms with E-state index in [1.54, 1.807) is 0 Å². The molecular weight excluding hydrogens is 462 g/mol. The Morgan fingerprint density at radius 1 is 1.23 bits per heavy atom. The molecule has 30 heavy (non-hydrogen) atoms.